The summed E-state index contributed by atoms with van der Waals surface area (Å²) in [5.74, 6) is -0.138. The van der Waals surface area contributed by atoms with Crippen LogP contribution in [0.2, 0.25) is 0 Å². The number of benzene rings is 2. The van der Waals surface area contributed by atoms with Crippen LogP contribution in [-0.4, -0.2) is 78.8 Å². The molecule has 2 aliphatic heterocycles. The van der Waals surface area contributed by atoms with Crippen molar-refractivity contribution >= 4 is 28.9 Å². The van der Waals surface area contributed by atoms with Crippen molar-refractivity contribution < 1.29 is 24.2 Å². The van der Waals surface area contributed by atoms with E-state index in [1.54, 1.807) is 23.1 Å². The van der Waals surface area contributed by atoms with Gasteiger partial charge in [0.25, 0.3) is 5.91 Å². The Hall–Kier alpha value is -3.86. The molecular weight excluding hydrogens is 510 g/mol. The lowest BCUT2D eigenvalue weighted by Crippen LogP contribution is -2.47. The van der Waals surface area contributed by atoms with Gasteiger partial charge in [-0.25, -0.2) is 0 Å². The molecule has 4 N–H and O–H groups in total. The molecule has 10 nitrogen and oxygen atoms in total. The minimum atomic E-state index is -1.07. The van der Waals surface area contributed by atoms with Crippen LogP contribution in [0.5, 0.6) is 0 Å². The van der Waals surface area contributed by atoms with E-state index in [0.29, 0.717) is 24.2 Å². The van der Waals surface area contributed by atoms with Gasteiger partial charge in [-0.2, -0.15) is 0 Å². The van der Waals surface area contributed by atoms with Crippen LogP contribution in [-0.2, 0) is 4.79 Å². The molecule has 0 spiro atoms. The van der Waals surface area contributed by atoms with Crippen molar-refractivity contribution in [1.29, 1.82) is 0 Å². The molecule has 212 valence electrons. The van der Waals surface area contributed by atoms with Crippen LogP contribution in [0.4, 0.5) is 17.1 Å². The number of hydrogen-bond donors (Lipinski definition) is 4. The third-order valence-corrected chi connectivity index (χ3v) is 7.56. The number of hydrogen-bond acceptors (Lipinski definition) is 8. The maximum atomic E-state index is 12.9. The molecule has 2 saturated heterocycles. The van der Waals surface area contributed by atoms with Crippen LogP contribution in [0.1, 0.15) is 40.8 Å². The number of aliphatic hydroxyl groups excluding tert-OH is 2. The normalized spacial score (nSPS) is 17.3. The van der Waals surface area contributed by atoms with Crippen LogP contribution in [0.15, 0.2) is 65.3 Å². The molecule has 2 amide bonds. The van der Waals surface area contributed by atoms with Gasteiger partial charge in [0.1, 0.15) is 6.23 Å². The van der Waals surface area contributed by atoms with Gasteiger partial charge in [-0.15, -0.1) is 0 Å². The standard InChI is InChI=1S/C30H37N5O5/c1-21-6-2-3-7-25(21)33-13-15-34(16-14-33)26-11-10-22(18-24(26)32-30(39)27-8-5-17-40-27)29(38)31-19-23(36)20-35-12-4-9-28(35)37/h2-3,5-8,10-11,17-18,23,29,31,36,38H,4,9,12-16,19-20H2,1H3,(H,32,39). The summed E-state index contributed by atoms with van der Waals surface area (Å²) in [6.45, 7) is 6.31. The van der Waals surface area contributed by atoms with E-state index in [9.17, 15) is 19.8 Å². The van der Waals surface area contributed by atoms with Crippen LogP contribution in [0.3, 0.4) is 0 Å². The fourth-order valence-electron chi connectivity index (χ4n) is 5.38. The number of β-amino-alcohol motifs (C(OH)–C–C–N with tert-alkyl or cyclic N) is 1. The second kappa shape index (κ2) is 12.5. The first-order valence-electron chi connectivity index (χ1n) is 13.8. The summed E-state index contributed by atoms with van der Waals surface area (Å²) < 4.78 is 5.28. The van der Waals surface area contributed by atoms with Crippen LogP contribution >= 0.6 is 0 Å². The van der Waals surface area contributed by atoms with Crippen LogP contribution in [0, 0.1) is 6.92 Å². The minimum Gasteiger partial charge on any atom is -0.459 e. The number of aliphatic hydroxyl groups is 2. The van der Waals surface area contributed by atoms with Gasteiger partial charge in [0.2, 0.25) is 5.91 Å². The predicted molar refractivity (Wildman–Crippen MR) is 153 cm³/mol. The average Bonchev–Trinajstić information content (AvgIpc) is 3.65. The van der Waals surface area contributed by atoms with Gasteiger partial charge < -0.3 is 34.6 Å². The molecule has 2 unspecified atom stereocenters. The monoisotopic (exact) mass is 547 g/mol. The van der Waals surface area contributed by atoms with Crippen LogP contribution in [0.25, 0.3) is 0 Å². The number of rotatable bonds is 10. The van der Waals surface area contributed by atoms with Gasteiger partial charge in [-0.1, -0.05) is 24.3 Å². The van der Waals surface area contributed by atoms with Gasteiger partial charge in [-0.05, 0) is 54.8 Å². The molecule has 10 heteroatoms. The highest BCUT2D eigenvalue weighted by molar-refractivity contribution is 6.04. The molecule has 1 aromatic heterocycles. The van der Waals surface area contributed by atoms with E-state index in [2.05, 4.69) is 45.6 Å². The van der Waals surface area contributed by atoms with E-state index in [1.807, 2.05) is 18.2 Å². The maximum absolute atomic E-state index is 12.9. The van der Waals surface area contributed by atoms with Crippen molar-refractivity contribution in [2.45, 2.75) is 32.1 Å². The van der Waals surface area contributed by atoms with Crippen molar-refractivity contribution in [3.05, 3.63) is 77.7 Å². The van der Waals surface area contributed by atoms with Crippen molar-refractivity contribution in [2.24, 2.45) is 0 Å². The van der Waals surface area contributed by atoms with Crippen molar-refractivity contribution in [1.82, 2.24) is 10.2 Å². The molecule has 2 aromatic carbocycles. The number of aryl methyl sites for hydroxylation is 1. The van der Waals surface area contributed by atoms with E-state index in [0.717, 1.165) is 38.3 Å². The Morgan fingerprint density at radius 3 is 2.40 bits per heavy atom. The number of likely N-dealkylation sites (tertiary alicyclic amines) is 1. The summed E-state index contributed by atoms with van der Waals surface area (Å²) in [4.78, 5) is 31.0. The summed E-state index contributed by atoms with van der Waals surface area (Å²) in [5, 5.41) is 27.1. The number of carbonyl (C=O) groups excluding carboxylic acids is 2. The first-order valence-corrected chi connectivity index (χ1v) is 13.8. The van der Waals surface area contributed by atoms with Gasteiger partial charge in [0.05, 0.1) is 23.7 Å². The Kier molecular flexibility index (Phi) is 8.69. The Morgan fingerprint density at radius 2 is 1.73 bits per heavy atom. The zero-order valence-corrected chi connectivity index (χ0v) is 22.8. The summed E-state index contributed by atoms with van der Waals surface area (Å²) in [6, 6.07) is 17.1. The number of nitrogens with one attached hydrogen (secondary N) is 2. The second-order valence-corrected chi connectivity index (χ2v) is 10.4. The fourth-order valence-corrected chi connectivity index (χ4v) is 5.38. The lowest BCUT2D eigenvalue weighted by molar-refractivity contribution is -0.128. The molecule has 0 saturated carbocycles. The first-order chi connectivity index (χ1) is 19.4. The zero-order valence-electron chi connectivity index (χ0n) is 22.8. The smallest absolute Gasteiger partial charge is 0.291 e. The molecular formula is C30H37N5O5. The molecule has 3 heterocycles. The summed E-state index contributed by atoms with van der Waals surface area (Å²) in [7, 11) is 0. The predicted octanol–water partition coefficient (Wildman–Crippen LogP) is 2.73. The van der Waals surface area contributed by atoms with E-state index in [4.69, 9.17) is 4.42 Å². The van der Waals surface area contributed by atoms with Crippen molar-refractivity contribution in [3.63, 3.8) is 0 Å². The zero-order chi connectivity index (χ0) is 28.1. The third kappa shape index (κ3) is 6.47. The Morgan fingerprint density at radius 1 is 0.975 bits per heavy atom. The molecule has 2 aliphatic rings. The van der Waals surface area contributed by atoms with Gasteiger partial charge in [0.15, 0.2) is 5.76 Å². The maximum Gasteiger partial charge on any atom is 0.291 e. The SMILES string of the molecule is Cc1ccccc1N1CCN(c2ccc(C(O)NCC(O)CN3CCCC3=O)cc2NC(=O)c2ccco2)CC1. The van der Waals surface area contributed by atoms with Crippen molar-refractivity contribution in [3.8, 4) is 0 Å². The Bertz CT molecular complexity index is 1310. The van der Waals surface area contributed by atoms with Crippen molar-refractivity contribution in [2.75, 3.05) is 60.9 Å². The second-order valence-electron chi connectivity index (χ2n) is 10.4. The molecule has 5 rings (SSSR count). The Labute approximate surface area is 234 Å². The number of para-hydroxylation sites is 1. The van der Waals surface area contributed by atoms with Gasteiger partial charge in [0, 0.05) is 57.9 Å². The number of piperazine rings is 1. The van der Waals surface area contributed by atoms with E-state index < -0.39 is 12.3 Å². The molecule has 0 aliphatic carbocycles. The Balaban J connectivity index is 1.28. The lowest BCUT2D eigenvalue weighted by atomic mass is 10.1. The largest absolute Gasteiger partial charge is 0.459 e. The molecule has 2 atom stereocenters. The summed E-state index contributed by atoms with van der Waals surface area (Å²) >= 11 is 0. The summed E-state index contributed by atoms with van der Waals surface area (Å²) in [6.07, 6.45) is 0.893. The summed E-state index contributed by atoms with van der Waals surface area (Å²) in [5.41, 5.74) is 4.43. The first kappa shape index (κ1) is 27.7. The highest BCUT2D eigenvalue weighted by Gasteiger charge is 2.25. The number of anilines is 3. The van der Waals surface area contributed by atoms with E-state index >= 15 is 0 Å². The van der Waals surface area contributed by atoms with Gasteiger partial charge in [-0.3, -0.25) is 14.9 Å². The minimum absolute atomic E-state index is 0.0480. The molecule has 0 bridgehead atoms. The molecule has 3 aromatic rings. The third-order valence-electron chi connectivity index (χ3n) is 7.56. The fraction of sp³-hybridized carbons (Fsp3) is 0.400. The quantitative estimate of drug-likeness (QED) is 0.286. The topological polar surface area (TPSA) is 122 Å². The van der Waals surface area contributed by atoms with Crippen LogP contribution < -0.4 is 20.4 Å². The highest BCUT2D eigenvalue weighted by Crippen LogP contribution is 2.31. The molecule has 40 heavy (non-hydrogen) atoms. The number of furan rings is 1. The lowest BCUT2D eigenvalue weighted by Gasteiger charge is -2.38. The molecule has 0 radical (unpaired) electrons. The van der Waals surface area contributed by atoms with E-state index in [1.165, 1.54) is 17.5 Å². The highest BCUT2D eigenvalue weighted by atomic mass is 16.3. The number of carbonyl (C=O) groups is 2. The number of amides is 2. The average molecular weight is 548 g/mol. The van der Waals surface area contributed by atoms with Gasteiger partial charge >= 0.3 is 0 Å². The molecule has 2 fully saturated rings. The number of nitrogens with zero attached hydrogens (tertiary/aromatic N) is 3. The van der Waals surface area contributed by atoms with E-state index in [-0.39, 0.29) is 30.7 Å².